The van der Waals surface area contributed by atoms with Crippen molar-refractivity contribution in [2.24, 2.45) is 0 Å². The Balaban J connectivity index is 1.87. The molecular formula is C15H10F8N6OS2. The van der Waals surface area contributed by atoms with Crippen molar-refractivity contribution in [3.05, 3.63) is 47.7 Å². The fraction of sp³-hybridized carbons (Fsp3) is 0.0667. The highest BCUT2D eigenvalue weighted by Gasteiger charge is 2.66. The maximum Gasteiger partial charge on any atom is 0.416 e. The second-order valence-corrected chi connectivity index (χ2v) is 9.33. The quantitative estimate of drug-likeness (QED) is 0.255. The molecule has 0 unspecified atom stereocenters. The summed E-state index contributed by atoms with van der Waals surface area (Å²) in [4.78, 5) is 16.3. The van der Waals surface area contributed by atoms with Gasteiger partial charge in [0.1, 0.15) is 11.2 Å². The lowest BCUT2D eigenvalue weighted by Crippen LogP contribution is -2.27. The van der Waals surface area contributed by atoms with Gasteiger partial charge < -0.3 is 0 Å². The van der Waals surface area contributed by atoms with Gasteiger partial charge in [-0.1, -0.05) is 19.4 Å². The minimum absolute atomic E-state index is 0.162. The molecule has 3 rings (SSSR count). The van der Waals surface area contributed by atoms with Crippen molar-refractivity contribution < 1.29 is 37.4 Å². The minimum atomic E-state index is -10.4. The van der Waals surface area contributed by atoms with E-state index in [1.807, 2.05) is 0 Å². The number of rotatable bonds is 6. The van der Waals surface area contributed by atoms with Crippen molar-refractivity contribution in [2.75, 3.05) is 5.43 Å². The number of anilines is 1. The SMILES string of the molecule is O=C(/C=C\n1cnc(-c2cc(C(F)(F)F)cc(S(F)(F)(F)(F)F)c2)n1)NNc1nccs1. The number of amides is 1. The van der Waals surface area contributed by atoms with Crippen LogP contribution in [0.4, 0.5) is 37.7 Å². The van der Waals surface area contributed by atoms with E-state index in [4.69, 9.17) is 0 Å². The molecule has 0 radical (unpaired) electrons. The van der Waals surface area contributed by atoms with Gasteiger partial charge in [-0.3, -0.25) is 15.6 Å². The van der Waals surface area contributed by atoms with E-state index in [-0.39, 0.29) is 12.1 Å². The Morgan fingerprint density at radius 1 is 1.09 bits per heavy atom. The average molecular weight is 506 g/mol. The van der Waals surface area contributed by atoms with Crippen molar-refractivity contribution in [3.8, 4) is 11.4 Å². The zero-order chi connectivity index (χ0) is 23.8. The molecule has 3 aromatic rings. The molecule has 1 aromatic carbocycles. The van der Waals surface area contributed by atoms with E-state index in [9.17, 15) is 37.4 Å². The van der Waals surface area contributed by atoms with E-state index in [1.54, 1.807) is 5.38 Å². The van der Waals surface area contributed by atoms with Crippen LogP contribution in [0.15, 0.2) is 47.1 Å². The summed E-state index contributed by atoms with van der Waals surface area (Å²) >= 11 is 1.19. The molecule has 174 valence electrons. The lowest BCUT2D eigenvalue weighted by atomic mass is 10.1. The molecule has 0 saturated carbocycles. The topological polar surface area (TPSA) is 84.7 Å². The summed E-state index contributed by atoms with van der Waals surface area (Å²) in [5, 5.41) is 5.61. The third-order valence-corrected chi connectivity index (χ3v) is 5.36. The van der Waals surface area contributed by atoms with Crippen molar-refractivity contribution in [2.45, 2.75) is 11.1 Å². The van der Waals surface area contributed by atoms with Crippen LogP contribution in [0.1, 0.15) is 5.56 Å². The molecule has 2 heterocycles. The molecule has 0 aliphatic rings. The van der Waals surface area contributed by atoms with E-state index in [1.165, 1.54) is 17.5 Å². The zero-order valence-corrected chi connectivity index (χ0v) is 16.8. The van der Waals surface area contributed by atoms with Crippen molar-refractivity contribution in [1.29, 1.82) is 0 Å². The molecular weight excluding hydrogens is 496 g/mol. The maximum atomic E-state index is 13.1. The molecule has 1 amide bonds. The molecule has 32 heavy (non-hydrogen) atoms. The molecule has 0 fully saturated rings. The number of carbonyl (C=O) groups is 1. The highest BCUT2D eigenvalue weighted by molar-refractivity contribution is 8.45. The van der Waals surface area contributed by atoms with Crippen LogP contribution >= 0.6 is 21.6 Å². The van der Waals surface area contributed by atoms with Gasteiger partial charge in [0.25, 0.3) is 5.91 Å². The monoisotopic (exact) mass is 506 g/mol. The Labute approximate surface area is 177 Å². The minimum Gasteiger partial charge on any atom is -0.273 e. The Bertz CT molecular complexity index is 1170. The highest BCUT2D eigenvalue weighted by atomic mass is 32.5. The van der Waals surface area contributed by atoms with Crippen molar-refractivity contribution in [1.82, 2.24) is 25.2 Å². The van der Waals surface area contributed by atoms with Gasteiger partial charge in [-0.25, -0.2) is 14.6 Å². The summed E-state index contributed by atoms with van der Waals surface area (Å²) in [5.41, 5.74) is 1.82. The largest absolute Gasteiger partial charge is 0.416 e. The third kappa shape index (κ3) is 5.94. The van der Waals surface area contributed by atoms with E-state index >= 15 is 0 Å². The summed E-state index contributed by atoms with van der Waals surface area (Å²) in [7, 11) is -10.4. The number of nitrogens with zero attached hydrogens (tertiary/aromatic N) is 4. The van der Waals surface area contributed by atoms with Gasteiger partial charge in [0.15, 0.2) is 5.82 Å². The molecule has 0 saturated heterocycles. The number of hydrogen-bond donors (Lipinski definition) is 2. The van der Waals surface area contributed by atoms with Crippen LogP contribution in [0.3, 0.4) is 0 Å². The molecule has 0 bridgehead atoms. The maximum absolute atomic E-state index is 13.1. The Morgan fingerprint density at radius 3 is 2.41 bits per heavy atom. The van der Waals surface area contributed by atoms with Crippen LogP contribution in [0, 0.1) is 0 Å². The number of hydrogen-bond acceptors (Lipinski definition) is 6. The first-order valence-corrected chi connectivity index (χ1v) is 10.9. The predicted molar refractivity (Wildman–Crippen MR) is 101 cm³/mol. The Kier molecular flexibility index (Phi) is 5.25. The smallest absolute Gasteiger partial charge is 0.273 e. The van der Waals surface area contributed by atoms with Gasteiger partial charge in [-0.05, 0) is 18.2 Å². The second-order valence-electron chi connectivity index (χ2n) is 6.03. The lowest BCUT2D eigenvalue weighted by molar-refractivity contribution is -0.137. The average Bonchev–Trinajstić information content (AvgIpc) is 3.33. The molecule has 0 spiro atoms. The van der Waals surface area contributed by atoms with Crippen LogP contribution in [0.2, 0.25) is 0 Å². The number of carbonyl (C=O) groups excluding carboxylic acids is 1. The van der Waals surface area contributed by atoms with Gasteiger partial charge in [0, 0.05) is 29.4 Å². The van der Waals surface area contributed by atoms with Gasteiger partial charge >= 0.3 is 16.4 Å². The molecule has 0 aliphatic carbocycles. The number of halogens is 8. The molecule has 0 atom stereocenters. The number of nitrogens with one attached hydrogen (secondary N) is 2. The Hall–Kier alpha value is -3.21. The second kappa shape index (κ2) is 7.16. The van der Waals surface area contributed by atoms with Crippen LogP contribution in [0.25, 0.3) is 17.6 Å². The third-order valence-electron chi connectivity index (χ3n) is 3.55. The summed E-state index contributed by atoms with van der Waals surface area (Å²) in [6.45, 7) is 0. The molecule has 2 aromatic heterocycles. The van der Waals surface area contributed by atoms with Crippen molar-refractivity contribution in [3.63, 3.8) is 0 Å². The predicted octanol–water partition coefficient (Wildman–Crippen LogP) is 5.69. The van der Waals surface area contributed by atoms with Crippen LogP contribution in [-0.4, -0.2) is 25.7 Å². The fourth-order valence-corrected chi connectivity index (χ4v) is 3.36. The molecule has 0 aliphatic heterocycles. The normalized spacial score (nSPS) is 14.8. The number of hydrazine groups is 1. The first-order valence-electron chi connectivity index (χ1n) is 8.03. The summed E-state index contributed by atoms with van der Waals surface area (Å²) in [6, 6.07) is -0.617. The highest BCUT2D eigenvalue weighted by Crippen LogP contribution is 3.02. The lowest BCUT2D eigenvalue weighted by Gasteiger charge is -2.40. The fourth-order valence-electron chi connectivity index (χ4n) is 2.18. The molecule has 7 nitrogen and oxygen atoms in total. The Morgan fingerprint density at radius 2 is 1.81 bits per heavy atom. The zero-order valence-electron chi connectivity index (χ0n) is 15.2. The van der Waals surface area contributed by atoms with Crippen LogP contribution in [0.5, 0.6) is 0 Å². The first-order chi connectivity index (χ1) is 14.5. The van der Waals surface area contributed by atoms with E-state index < -0.39 is 50.2 Å². The number of aromatic nitrogens is 4. The van der Waals surface area contributed by atoms with Crippen LogP contribution < -0.4 is 10.9 Å². The van der Waals surface area contributed by atoms with Gasteiger partial charge in [0.2, 0.25) is 5.13 Å². The number of benzene rings is 1. The number of thiazole rings is 1. The van der Waals surface area contributed by atoms with Gasteiger partial charge in [0.05, 0.1) is 5.56 Å². The van der Waals surface area contributed by atoms with E-state index in [0.717, 1.165) is 23.3 Å². The van der Waals surface area contributed by atoms with E-state index in [0.29, 0.717) is 5.13 Å². The molecule has 17 heteroatoms. The van der Waals surface area contributed by atoms with E-state index in [2.05, 4.69) is 25.9 Å². The first kappa shape index (κ1) is 23.5. The summed E-state index contributed by atoms with van der Waals surface area (Å²) < 4.78 is 105. The summed E-state index contributed by atoms with van der Waals surface area (Å²) in [5.74, 6) is -1.41. The summed E-state index contributed by atoms with van der Waals surface area (Å²) in [6.07, 6.45) is -1.12. The van der Waals surface area contributed by atoms with Gasteiger partial charge in [-0.2, -0.15) is 13.2 Å². The number of alkyl halides is 3. The van der Waals surface area contributed by atoms with Crippen LogP contribution in [-0.2, 0) is 11.0 Å². The standard InChI is InChI=1S/C15H10F8N6OS2/c16-15(17,18)10-5-9(6-11(7-10)32(19,20,21,22)23)13-25-8-29(28-13)3-1-12(30)26-27-14-24-2-4-31-14/h1-8H,(H,24,27)(H,26,30)/b3-1-. The molecule has 2 N–H and O–H groups in total. The van der Waals surface area contributed by atoms with Crippen molar-refractivity contribution >= 4 is 38.8 Å². The van der Waals surface area contributed by atoms with Gasteiger partial charge in [-0.15, -0.1) is 16.4 Å².